The molecule has 4 rings (SSSR count). The third kappa shape index (κ3) is 4.24. The molecule has 7 nitrogen and oxygen atoms in total. The molecule has 2 heterocycles. The van der Waals surface area contributed by atoms with Gasteiger partial charge in [0.2, 0.25) is 10.0 Å². The second-order valence-electron chi connectivity index (χ2n) is 7.20. The number of sulfonamides is 1. The predicted octanol–water partition coefficient (Wildman–Crippen LogP) is 3.20. The lowest BCUT2D eigenvalue weighted by atomic mass is 9.95. The van der Waals surface area contributed by atoms with E-state index >= 15 is 0 Å². The van der Waals surface area contributed by atoms with Crippen molar-refractivity contribution in [2.24, 2.45) is 0 Å². The van der Waals surface area contributed by atoms with Crippen LogP contribution in [0.1, 0.15) is 31.0 Å². The highest BCUT2D eigenvalue weighted by Crippen LogP contribution is 2.30. The molecule has 8 heteroatoms. The van der Waals surface area contributed by atoms with Crippen molar-refractivity contribution in [3.05, 3.63) is 59.9 Å². The molecule has 2 aromatic heterocycles. The van der Waals surface area contributed by atoms with Crippen LogP contribution in [-0.2, 0) is 29.4 Å². The van der Waals surface area contributed by atoms with Crippen molar-refractivity contribution in [3.8, 4) is 17.1 Å². The lowest BCUT2D eigenvalue weighted by molar-refractivity contribution is 0.331. The largest absolute Gasteiger partial charge is 0.492 e. The number of aromatic nitrogens is 3. The van der Waals surface area contributed by atoms with E-state index < -0.39 is 10.0 Å². The lowest BCUT2D eigenvalue weighted by Gasteiger charge is -2.15. The monoisotopic (exact) mass is 426 g/mol. The summed E-state index contributed by atoms with van der Waals surface area (Å²) in [5.41, 5.74) is 4.20. The molecule has 158 valence electrons. The van der Waals surface area contributed by atoms with Gasteiger partial charge in [-0.1, -0.05) is 18.2 Å². The Morgan fingerprint density at radius 2 is 1.90 bits per heavy atom. The van der Waals surface area contributed by atoms with E-state index in [-0.39, 0.29) is 11.4 Å². The van der Waals surface area contributed by atoms with Crippen LogP contribution in [0.3, 0.4) is 0 Å². The molecule has 0 bridgehead atoms. The third-order valence-corrected chi connectivity index (χ3v) is 6.72. The molecule has 3 aromatic rings. The Morgan fingerprint density at radius 1 is 1.10 bits per heavy atom. The summed E-state index contributed by atoms with van der Waals surface area (Å²) in [6, 6.07) is 12.5. The van der Waals surface area contributed by atoms with E-state index in [1.54, 1.807) is 30.5 Å². The number of nitrogens with one attached hydrogen (secondary N) is 1. The lowest BCUT2D eigenvalue weighted by Crippen LogP contribution is -2.28. The molecule has 0 fully saturated rings. The summed E-state index contributed by atoms with van der Waals surface area (Å²) in [6.45, 7) is 2.95. The van der Waals surface area contributed by atoms with Crippen LogP contribution < -0.4 is 9.46 Å². The van der Waals surface area contributed by atoms with Gasteiger partial charge in [-0.25, -0.2) is 13.1 Å². The molecule has 0 saturated heterocycles. The first-order valence-electron chi connectivity index (χ1n) is 10.3. The van der Waals surface area contributed by atoms with Crippen LogP contribution in [0.4, 0.5) is 0 Å². The summed E-state index contributed by atoms with van der Waals surface area (Å²) < 4.78 is 35.7. The Labute approximate surface area is 177 Å². The van der Waals surface area contributed by atoms with Gasteiger partial charge in [0.05, 0.1) is 18.8 Å². The van der Waals surface area contributed by atoms with E-state index in [0.717, 1.165) is 37.1 Å². The molecule has 0 aliphatic heterocycles. The zero-order chi connectivity index (χ0) is 21.0. The van der Waals surface area contributed by atoms with Gasteiger partial charge in [-0.2, -0.15) is 5.10 Å². The van der Waals surface area contributed by atoms with Gasteiger partial charge in [0.25, 0.3) is 0 Å². The fraction of sp³-hybridized carbons (Fsp3) is 0.364. The van der Waals surface area contributed by atoms with Gasteiger partial charge in [-0.15, -0.1) is 0 Å². The Morgan fingerprint density at radius 3 is 2.70 bits per heavy atom. The van der Waals surface area contributed by atoms with E-state index in [0.29, 0.717) is 18.9 Å². The molecule has 0 unspecified atom stereocenters. The Balaban J connectivity index is 1.53. The van der Waals surface area contributed by atoms with Crippen molar-refractivity contribution in [1.29, 1.82) is 0 Å². The molecule has 1 aromatic carbocycles. The molecule has 0 amide bonds. The molecular formula is C22H26N4O3S. The SMILES string of the molecule is CCOc1ccccc1S(=O)(=O)NCCn1nc(-c2ccccn2)c2c1CCCC2. The highest BCUT2D eigenvalue weighted by Gasteiger charge is 2.23. The number of hydrogen-bond acceptors (Lipinski definition) is 5. The predicted molar refractivity (Wildman–Crippen MR) is 115 cm³/mol. The van der Waals surface area contributed by atoms with E-state index in [4.69, 9.17) is 9.84 Å². The average molecular weight is 427 g/mol. The number of hydrogen-bond donors (Lipinski definition) is 1. The van der Waals surface area contributed by atoms with Crippen LogP contribution in [0.25, 0.3) is 11.4 Å². The summed E-state index contributed by atoms with van der Waals surface area (Å²) in [6.07, 6.45) is 5.96. The molecular weight excluding hydrogens is 400 g/mol. The zero-order valence-corrected chi connectivity index (χ0v) is 17.9. The maximum atomic E-state index is 12.8. The summed E-state index contributed by atoms with van der Waals surface area (Å²) in [4.78, 5) is 4.61. The number of nitrogens with zero attached hydrogens (tertiary/aromatic N) is 3. The van der Waals surface area contributed by atoms with Crippen LogP contribution in [-0.4, -0.2) is 36.3 Å². The molecule has 0 atom stereocenters. The number of benzene rings is 1. The maximum Gasteiger partial charge on any atom is 0.244 e. The third-order valence-electron chi connectivity index (χ3n) is 5.22. The maximum absolute atomic E-state index is 12.8. The number of para-hydroxylation sites is 1. The minimum atomic E-state index is -3.68. The highest BCUT2D eigenvalue weighted by molar-refractivity contribution is 7.89. The molecule has 0 radical (unpaired) electrons. The fourth-order valence-electron chi connectivity index (χ4n) is 3.87. The van der Waals surface area contributed by atoms with Crippen LogP contribution in [0.5, 0.6) is 5.75 Å². The van der Waals surface area contributed by atoms with Crippen LogP contribution >= 0.6 is 0 Å². The van der Waals surface area contributed by atoms with Crippen LogP contribution in [0, 0.1) is 0 Å². The molecule has 1 N–H and O–H groups in total. The van der Waals surface area contributed by atoms with Gasteiger partial charge >= 0.3 is 0 Å². The number of ether oxygens (including phenoxy) is 1. The van der Waals surface area contributed by atoms with E-state index in [1.165, 1.54) is 11.3 Å². The minimum Gasteiger partial charge on any atom is -0.492 e. The number of fused-ring (bicyclic) bond motifs is 1. The van der Waals surface area contributed by atoms with Gasteiger partial charge < -0.3 is 4.74 Å². The van der Waals surface area contributed by atoms with Crippen molar-refractivity contribution in [1.82, 2.24) is 19.5 Å². The summed E-state index contributed by atoms with van der Waals surface area (Å²) in [5, 5.41) is 4.80. The topological polar surface area (TPSA) is 86.1 Å². The van der Waals surface area contributed by atoms with Gasteiger partial charge in [0.1, 0.15) is 16.3 Å². The van der Waals surface area contributed by atoms with Crippen molar-refractivity contribution in [3.63, 3.8) is 0 Å². The second-order valence-corrected chi connectivity index (χ2v) is 8.93. The van der Waals surface area contributed by atoms with Gasteiger partial charge in [0, 0.05) is 24.0 Å². The second kappa shape index (κ2) is 8.97. The van der Waals surface area contributed by atoms with Gasteiger partial charge in [-0.3, -0.25) is 9.67 Å². The van der Waals surface area contributed by atoms with Crippen molar-refractivity contribution in [2.75, 3.05) is 13.2 Å². The van der Waals surface area contributed by atoms with Crippen molar-refractivity contribution >= 4 is 10.0 Å². The quantitative estimate of drug-likeness (QED) is 0.598. The van der Waals surface area contributed by atoms with E-state index in [9.17, 15) is 8.42 Å². The van der Waals surface area contributed by atoms with Gasteiger partial charge in [0.15, 0.2) is 0 Å². The Bertz CT molecular complexity index is 1110. The first kappa shape index (κ1) is 20.6. The summed E-state index contributed by atoms with van der Waals surface area (Å²) >= 11 is 0. The Hall–Kier alpha value is -2.71. The van der Waals surface area contributed by atoms with Crippen molar-refractivity contribution in [2.45, 2.75) is 44.0 Å². The summed E-state index contributed by atoms with van der Waals surface area (Å²) in [5.74, 6) is 0.362. The van der Waals surface area contributed by atoms with Crippen molar-refractivity contribution < 1.29 is 13.2 Å². The molecule has 1 aliphatic carbocycles. The molecule has 0 spiro atoms. The first-order valence-corrected chi connectivity index (χ1v) is 11.8. The van der Waals surface area contributed by atoms with Gasteiger partial charge in [-0.05, 0) is 56.9 Å². The molecule has 0 saturated carbocycles. The highest BCUT2D eigenvalue weighted by atomic mass is 32.2. The fourth-order valence-corrected chi connectivity index (χ4v) is 5.04. The molecule has 1 aliphatic rings. The standard InChI is InChI=1S/C22H26N4O3S/c1-2-29-20-12-5-6-13-21(20)30(27,28)24-15-16-26-19-11-4-3-9-17(19)22(25-26)18-10-7-8-14-23-18/h5-8,10,12-14,24H,2-4,9,11,15-16H2,1H3. The smallest absolute Gasteiger partial charge is 0.244 e. The van der Waals surface area contributed by atoms with E-state index in [1.807, 2.05) is 29.8 Å². The molecule has 30 heavy (non-hydrogen) atoms. The minimum absolute atomic E-state index is 0.156. The van der Waals surface area contributed by atoms with Crippen LogP contribution in [0.15, 0.2) is 53.6 Å². The van der Waals surface area contributed by atoms with E-state index in [2.05, 4.69) is 9.71 Å². The first-order chi connectivity index (χ1) is 14.6. The average Bonchev–Trinajstić information content (AvgIpc) is 3.14. The summed E-state index contributed by atoms with van der Waals surface area (Å²) in [7, 11) is -3.68. The number of rotatable bonds is 8. The normalized spacial score (nSPS) is 13.8. The van der Waals surface area contributed by atoms with Crippen LogP contribution in [0.2, 0.25) is 0 Å². The Kier molecular flexibility index (Phi) is 6.15. The number of pyridine rings is 1. The zero-order valence-electron chi connectivity index (χ0n) is 17.0.